The molecule has 8 rings (SSSR count). The molecule has 66 heavy (non-hydrogen) atoms. The highest BCUT2D eigenvalue weighted by atomic mass is 16.5. The van der Waals surface area contributed by atoms with Crippen LogP contribution in [0.15, 0.2) is 188 Å². The number of fused-ring (bicyclic) bond motifs is 2. The molecule has 8 heteroatoms. The van der Waals surface area contributed by atoms with E-state index >= 15 is 0 Å². The highest BCUT2D eigenvalue weighted by Gasteiger charge is 2.09. The molecule has 0 radical (unpaired) electrons. The maximum Gasteiger partial charge on any atom is 0.338 e. The van der Waals surface area contributed by atoms with Crippen LogP contribution in [0.4, 0.5) is 17.1 Å². The first-order valence-corrected chi connectivity index (χ1v) is 22.4. The van der Waals surface area contributed by atoms with Crippen molar-refractivity contribution in [2.24, 2.45) is 0 Å². The molecule has 0 aliphatic carbocycles. The second-order valence-corrected chi connectivity index (χ2v) is 16.0. The van der Waals surface area contributed by atoms with Gasteiger partial charge in [0.15, 0.2) is 0 Å². The summed E-state index contributed by atoms with van der Waals surface area (Å²) in [6.07, 6.45) is 3.61. The van der Waals surface area contributed by atoms with Gasteiger partial charge in [0.2, 0.25) is 17.7 Å². The van der Waals surface area contributed by atoms with Crippen LogP contribution in [0.25, 0.3) is 21.5 Å². The van der Waals surface area contributed by atoms with Gasteiger partial charge in [-0.25, -0.2) is 4.79 Å². The number of hydrogen-bond donors (Lipinski definition) is 3. The number of hydrogen-bond acceptors (Lipinski definition) is 5. The normalized spacial score (nSPS) is 10.4. The molecule has 0 heterocycles. The average Bonchev–Trinajstić information content (AvgIpc) is 3.34. The molecule has 334 valence electrons. The maximum absolute atomic E-state index is 12.2. The quantitative estimate of drug-likeness (QED) is 0.0942. The Morgan fingerprint density at radius 2 is 0.758 bits per heavy atom. The molecule has 0 bridgehead atoms. The van der Waals surface area contributed by atoms with Gasteiger partial charge in [-0.2, -0.15) is 0 Å². The minimum absolute atomic E-state index is 0.0528. The summed E-state index contributed by atoms with van der Waals surface area (Å²) in [5.41, 5.74) is 8.76. The highest BCUT2D eigenvalue weighted by Crippen LogP contribution is 2.19. The largest absolute Gasteiger partial charge is 0.462 e. The number of ether oxygens (including phenoxy) is 1. The van der Waals surface area contributed by atoms with E-state index in [2.05, 4.69) is 76.6 Å². The summed E-state index contributed by atoms with van der Waals surface area (Å²) in [5.74, 6) is -0.302. The van der Waals surface area contributed by atoms with E-state index < -0.39 is 0 Å². The van der Waals surface area contributed by atoms with E-state index in [9.17, 15) is 19.2 Å². The Morgan fingerprint density at radius 1 is 0.394 bits per heavy atom. The van der Waals surface area contributed by atoms with Crippen LogP contribution in [-0.2, 0) is 38.4 Å². The van der Waals surface area contributed by atoms with Crippen molar-refractivity contribution in [3.05, 3.63) is 221 Å². The van der Waals surface area contributed by atoms with Crippen LogP contribution in [0.1, 0.15) is 64.4 Å². The van der Waals surface area contributed by atoms with Gasteiger partial charge in [-0.3, -0.25) is 14.4 Å². The highest BCUT2D eigenvalue weighted by molar-refractivity contribution is 5.94. The van der Waals surface area contributed by atoms with Crippen LogP contribution < -0.4 is 16.0 Å². The molecule has 0 spiro atoms. The molecule has 8 aromatic carbocycles. The van der Waals surface area contributed by atoms with E-state index in [1.54, 1.807) is 31.2 Å². The molecule has 8 nitrogen and oxygen atoms in total. The summed E-state index contributed by atoms with van der Waals surface area (Å²) >= 11 is 0. The molecule has 0 fully saturated rings. The number of rotatable bonds is 14. The molecule has 0 aliphatic heterocycles. The van der Waals surface area contributed by atoms with Crippen molar-refractivity contribution in [2.45, 2.75) is 59.3 Å². The molecule has 3 amide bonds. The van der Waals surface area contributed by atoms with Gasteiger partial charge in [0.1, 0.15) is 0 Å². The van der Waals surface area contributed by atoms with E-state index in [0.29, 0.717) is 43.5 Å². The Labute approximate surface area is 388 Å². The third-order valence-corrected chi connectivity index (χ3v) is 10.7. The standard InChI is InChI=1S/C22H21NO3.C20H19NO.C16H17NO/c1-2-26-22(25)18-10-12-20(13-11-18)23-21(24)14-8-16-7-9-17-5-3-4-6-19(17)15-16;1-15-6-11-19(12-7-15)21-20(22)13-9-16-8-10-17-4-2-3-5-18(17)14-16;1-13-7-10-15(11-8-13)17-16(18)12-9-14-5-3-2-4-6-14/h3-7,9-13,15H,2,8,14H2,1H3,(H,23,24);2-8,10-12,14H,9,13H2,1H3,(H,21,22);2-8,10-11H,9,12H2,1H3,(H,17,18). The molecule has 0 saturated carbocycles. The molecular formula is C58H57N3O5. The maximum atomic E-state index is 12.2. The minimum atomic E-state index is -0.360. The molecule has 0 unspecified atom stereocenters. The van der Waals surface area contributed by atoms with Crippen LogP contribution in [-0.4, -0.2) is 30.3 Å². The Bertz CT molecular complexity index is 2820. The van der Waals surface area contributed by atoms with Gasteiger partial charge in [0.05, 0.1) is 12.2 Å². The van der Waals surface area contributed by atoms with Crippen molar-refractivity contribution in [1.82, 2.24) is 0 Å². The second kappa shape index (κ2) is 24.9. The van der Waals surface area contributed by atoms with Gasteiger partial charge in [0, 0.05) is 36.3 Å². The zero-order chi connectivity index (χ0) is 46.5. The summed E-state index contributed by atoms with van der Waals surface area (Å²) in [4.78, 5) is 47.6. The minimum Gasteiger partial charge on any atom is -0.462 e. The Balaban J connectivity index is 0.000000166. The monoisotopic (exact) mass is 875 g/mol. The van der Waals surface area contributed by atoms with Crippen molar-refractivity contribution in [2.75, 3.05) is 22.6 Å². The fraction of sp³-hybridized carbons (Fsp3) is 0.172. The zero-order valence-electron chi connectivity index (χ0n) is 37.9. The van der Waals surface area contributed by atoms with Crippen LogP contribution in [0, 0.1) is 13.8 Å². The topological polar surface area (TPSA) is 114 Å². The van der Waals surface area contributed by atoms with E-state index in [-0.39, 0.29) is 23.7 Å². The van der Waals surface area contributed by atoms with E-state index in [4.69, 9.17) is 4.74 Å². The number of carbonyl (C=O) groups is 4. The fourth-order valence-corrected chi connectivity index (χ4v) is 7.06. The first-order valence-electron chi connectivity index (χ1n) is 22.4. The van der Waals surface area contributed by atoms with Gasteiger partial charge in [0.25, 0.3) is 0 Å². The summed E-state index contributed by atoms with van der Waals surface area (Å²) < 4.78 is 4.94. The number of carbonyl (C=O) groups excluding carboxylic acids is 4. The van der Waals surface area contributed by atoms with Crippen molar-refractivity contribution in [1.29, 1.82) is 0 Å². The molecule has 8 aromatic rings. The number of anilines is 3. The molecule has 0 saturated heterocycles. The summed E-state index contributed by atoms with van der Waals surface area (Å²) in [7, 11) is 0. The fourth-order valence-electron chi connectivity index (χ4n) is 7.06. The third-order valence-electron chi connectivity index (χ3n) is 10.7. The lowest BCUT2D eigenvalue weighted by atomic mass is 10.0. The lowest BCUT2D eigenvalue weighted by Crippen LogP contribution is -2.12. The lowest BCUT2D eigenvalue weighted by molar-refractivity contribution is -0.117. The number of amides is 3. The molecule has 0 aromatic heterocycles. The number of aryl methyl sites for hydroxylation is 5. The second-order valence-electron chi connectivity index (χ2n) is 16.0. The van der Waals surface area contributed by atoms with Gasteiger partial charge in [-0.15, -0.1) is 0 Å². The first-order chi connectivity index (χ1) is 32.1. The zero-order valence-corrected chi connectivity index (χ0v) is 37.9. The van der Waals surface area contributed by atoms with Crippen molar-refractivity contribution >= 4 is 62.3 Å². The molecular weight excluding hydrogens is 819 g/mol. The number of esters is 1. The van der Waals surface area contributed by atoms with E-state index in [1.807, 2.05) is 117 Å². The smallest absolute Gasteiger partial charge is 0.338 e. The van der Waals surface area contributed by atoms with Crippen molar-refractivity contribution in [3.63, 3.8) is 0 Å². The first kappa shape index (κ1) is 47.6. The van der Waals surface area contributed by atoms with E-state index in [1.165, 1.54) is 43.8 Å². The van der Waals surface area contributed by atoms with Crippen LogP contribution >= 0.6 is 0 Å². The SMILES string of the molecule is CCOC(=O)c1ccc(NC(=O)CCc2ccc3ccccc3c2)cc1.Cc1ccc(NC(=O)CCc2ccc3ccccc3c2)cc1.Cc1ccc(NC(=O)CCc2ccccc2)cc1. The van der Waals surface area contributed by atoms with Gasteiger partial charge in [-0.1, -0.05) is 151 Å². The number of nitrogens with one attached hydrogen (secondary N) is 3. The predicted octanol–water partition coefficient (Wildman–Crippen LogP) is 12.9. The van der Waals surface area contributed by atoms with Gasteiger partial charge < -0.3 is 20.7 Å². The lowest BCUT2D eigenvalue weighted by Gasteiger charge is -2.07. The third kappa shape index (κ3) is 15.7. The van der Waals surface area contributed by atoms with Crippen molar-refractivity contribution in [3.8, 4) is 0 Å². The van der Waals surface area contributed by atoms with Crippen LogP contribution in [0.5, 0.6) is 0 Å². The Morgan fingerprint density at radius 3 is 1.17 bits per heavy atom. The van der Waals surface area contributed by atoms with E-state index in [0.717, 1.165) is 29.8 Å². The Hall–Kier alpha value is -7.84. The average molecular weight is 876 g/mol. The van der Waals surface area contributed by atoms with Gasteiger partial charge >= 0.3 is 5.97 Å². The molecule has 0 atom stereocenters. The molecule has 3 N–H and O–H groups in total. The summed E-state index contributed by atoms with van der Waals surface area (Å²) in [6.45, 7) is 6.17. The molecule has 0 aliphatic rings. The number of benzene rings is 8. The summed E-state index contributed by atoms with van der Waals surface area (Å²) in [6, 6.07) is 61.6. The predicted molar refractivity (Wildman–Crippen MR) is 270 cm³/mol. The van der Waals surface area contributed by atoms with Crippen LogP contribution in [0.3, 0.4) is 0 Å². The summed E-state index contributed by atoms with van der Waals surface area (Å²) in [5, 5.41) is 13.5. The van der Waals surface area contributed by atoms with Crippen molar-refractivity contribution < 1.29 is 23.9 Å². The van der Waals surface area contributed by atoms with Gasteiger partial charge in [-0.05, 0) is 127 Å². The Kier molecular flexibility index (Phi) is 17.9. The van der Waals surface area contributed by atoms with Crippen LogP contribution in [0.2, 0.25) is 0 Å².